The Morgan fingerprint density at radius 3 is 2.60 bits per heavy atom. The number of carboxylic acids is 1. The summed E-state index contributed by atoms with van der Waals surface area (Å²) >= 11 is 0. The van der Waals surface area contributed by atoms with Gasteiger partial charge in [-0.05, 0) is 111 Å². The van der Waals surface area contributed by atoms with Crippen molar-refractivity contribution in [2.24, 2.45) is 45.0 Å². The number of guanidine groups is 1. The Labute approximate surface area is 275 Å². The maximum atomic E-state index is 12.8. The number of hydrogen-bond donors (Lipinski definition) is 4. The van der Waals surface area contributed by atoms with Gasteiger partial charge in [0.25, 0.3) is 0 Å². The number of rotatable bonds is 12. The average Bonchev–Trinajstić information content (AvgIpc) is 3.68. The number of carboxylic acid groups (broad SMARTS) is 1. The van der Waals surface area contributed by atoms with Crippen molar-refractivity contribution >= 4 is 23.8 Å². The highest BCUT2D eigenvalue weighted by Gasteiger charge is 2.80. The number of hydrogen-bond acceptors (Lipinski definition) is 8. The Kier molecular flexibility index (Phi) is 9.19. The predicted molar refractivity (Wildman–Crippen MR) is 172 cm³/mol. The summed E-state index contributed by atoms with van der Waals surface area (Å²) in [6.07, 6.45) is 11.0. The van der Waals surface area contributed by atoms with Crippen LogP contribution in [0.1, 0.15) is 109 Å². The van der Waals surface area contributed by atoms with E-state index in [4.69, 9.17) is 25.4 Å². The van der Waals surface area contributed by atoms with E-state index in [1.54, 1.807) is 6.26 Å². The second kappa shape index (κ2) is 12.9. The lowest BCUT2D eigenvalue weighted by molar-refractivity contribution is -0.164. The molecular formula is C35H50N4O8. The summed E-state index contributed by atoms with van der Waals surface area (Å²) in [5.74, 6) is 0.00202. The van der Waals surface area contributed by atoms with Gasteiger partial charge in [-0.3, -0.25) is 14.6 Å². The number of carbonyl (C=O) groups excluding carboxylic acids is 2. The van der Waals surface area contributed by atoms with E-state index in [1.807, 2.05) is 6.07 Å². The monoisotopic (exact) mass is 654 g/mol. The van der Waals surface area contributed by atoms with Crippen molar-refractivity contribution in [1.29, 1.82) is 0 Å². The first-order valence-electron chi connectivity index (χ1n) is 17.4. The van der Waals surface area contributed by atoms with Crippen molar-refractivity contribution < 1.29 is 33.4 Å². The van der Waals surface area contributed by atoms with Crippen LogP contribution in [0.4, 0.5) is 0 Å². The second-order valence-corrected chi connectivity index (χ2v) is 15.2. The smallest absolute Gasteiger partial charge is 0.335 e. The van der Waals surface area contributed by atoms with Crippen LogP contribution < -0.4 is 22.4 Å². The quantitative estimate of drug-likeness (QED) is 0.0849. The van der Waals surface area contributed by atoms with Gasteiger partial charge in [-0.25, -0.2) is 9.59 Å². The fourth-order valence-corrected chi connectivity index (χ4v) is 10.5. The minimum atomic E-state index is -1.12. The van der Waals surface area contributed by atoms with Crippen molar-refractivity contribution in [3.63, 3.8) is 0 Å². The summed E-state index contributed by atoms with van der Waals surface area (Å²) in [5.41, 5.74) is 11.5. The topological polar surface area (TPSA) is 200 Å². The van der Waals surface area contributed by atoms with Crippen molar-refractivity contribution in [3.05, 3.63) is 34.4 Å². The summed E-state index contributed by atoms with van der Waals surface area (Å²) in [6.45, 7) is 5.15. The fraction of sp³-hybridized carbons (Fsp3) is 0.743. The standard InChI is InChI=1S/C35H50N4O8/c1-33-14-12-22(46-30(42)7-3-6-28(40)39-26(31(43)44)5-4-16-38-32(36)37)17-21(33)9-10-24-23(33)13-15-34(2)25(18-27-35(24,34)47-27)20-8-11-29(41)45-19-20/h8,11,19,21-27H,3-7,9-10,12-18H2,1-2H3,(H,39,40)(H,43,44)(H4,36,37,38)/t21-,22+,23+,24-,25-,26+,27-,33+,34-,35-/m1/s1. The minimum Gasteiger partial charge on any atom is -0.480 e. The molecule has 2 heterocycles. The number of carbonyl (C=O) groups is 3. The molecule has 5 fully saturated rings. The van der Waals surface area contributed by atoms with Crippen molar-refractivity contribution in [3.8, 4) is 0 Å². The molecule has 6 N–H and O–H groups in total. The Bertz CT molecular complexity index is 1440. The number of epoxide rings is 1. The van der Waals surface area contributed by atoms with E-state index in [0.717, 1.165) is 56.9 Å². The third-order valence-corrected chi connectivity index (χ3v) is 12.8. The lowest BCUT2D eigenvalue weighted by Gasteiger charge is -2.61. The normalized spacial score (nSPS) is 37.2. The number of nitrogens with one attached hydrogen (secondary N) is 1. The van der Waals surface area contributed by atoms with E-state index in [9.17, 15) is 24.3 Å². The van der Waals surface area contributed by atoms with Crippen molar-refractivity contribution in [2.45, 2.75) is 127 Å². The van der Waals surface area contributed by atoms with Gasteiger partial charge in [0.05, 0.1) is 12.4 Å². The first-order valence-corrected chi connectivity index (χ1v) is 17.4. The van der Waals surface area contributed by atoms with Gasteiger partial charge in [0.1, 0.15) is 17.7 Å². The van der Waals surface area contributed by atoms with E-state index in [1.165, 1.54) is 6.07 Å². The van der Waals surface area contributed by atoms with Gasteiger partial charge in [0, 0.05) is 30.9 Å². The van der Waals surface area contributed by atoms with Crippen LogP contribution in [0.2, 0.25) is 0 Å². The molecule has 1 amide bonds. The van der Waals surface area contributed by atoms with Gasteiger partial charge in [-0.15, -0.1) is 0 Å². The van der Waals surface area contributed by atoms with Crippen LogP contribution in [0.15, 0.2) is 32.6 Å². The number of nitrogens with zero attached hydrogens (tertiary/aromatic N) is 1. The molecule has 1 aromatic rings. The summed E-state index contributed by atoms with van der Waals surface area (Å²) in [6, 6.07) is 2.44. The van der Waals surface area contributed by atoms with E-state index in [-0.39, 0.29) is 72.0 Å². The maximum Gasteiger partial charge on any atom is 0.335 e. The van der Waals surface area contributed by atoms with Crippen LogP contribution in [0, 0.1) is 28.6 Å². The lowest BCUT2D eigenvalue weighted by Crippen LogP contribution is -2.58. The first kappa shape index (κ1) is 33.5. The fourth-order valence-electron chi connectivity index (χ4n) is 10.5. The van der Waals surface area contributed by atoms with Gasteiger partial charge in [-0.1, -0.05) is 13.8 Å². The molecule has 1 aliphatic heterocycles. The van der Waals surface area contributed by atoms with Crippen LogP contribution in [-0.4, -0.2) is 59.3 Å². The number of nitrogens with two attached hydrogens (primary N) is 2. The molecule has 0 unspecified atom stereocenters. The molecule has 0 aromatic carbocycles. The first-order chi connectivity index (χ1) is 22.4. The molecule has 4 aliphatic carbocycles. The van der Waals surface area contributed by atoms with Gasteiger partial charge >= 0.3 is 17.6 Å². The molecule has 258 valence electrons. The summed E-state index contributed by atoms with van der Waals surface area (Å²) in [4.78, 5) is 52.1. The molecule has 1 saturated heterocycles. The van der Waals surface area contributed by atoms with Gasteiger partial charge < -0.3 is 35.8 Å². The molecule has 0 bridgehead atoms. The van der Waals surface area contributed by atoms with Crippen molar-refractivity contribution in [2.75, 3.05) is 6.54 Å². The Balaban J connectivity index is 0.978. The highest BCUT2D eigenvalue weighted by Crippen LogP contribution is 2.78. The van der Waals surface area contributed by atoms with Crippen LogP contribution in [0.25, 0.3) is 0 Å². The number of fused-ring (bicyclic) bond motifs is 3. The van der Waals surface area contributed by atoms with Gasteiger partial charge in [0.2, 0.25) is 5.91 Å². The molecule has 0 radical (unpaired) electrons. The van der Waals surface area contributed by atoms with Gasteiger partial charge in [0.15, 0.2) is 5.96 Å². The number of esters is 1. The third-order valence-electron chi connectivity index (χ3n) is 12.8. The van der Waals surface area contributed by atoms with E-state index in [2.05, 4.69) is 24.2 Å². The lowest BCUT2D eigenvalue weighted by atomic mass is 9.44. The van der Waals surface area contributed by atoms with Gasteiger partial charge in [-0.2, -0.15) is 0 Å². The summed E-state index contributed by atoms with van der Waals surface area (Å²) in [5, 5.41) is 12.0. The van der Waals surface area contributed by atoms with E-state index in [0.29, 0.717) is 36.5 Å². The highest BCUT2D eigenvalue weighted by atomic mass is 16.6. The molecule has 5 aliphatic rings. The maximum absolute atomic E-state index is 12.8. The molecule has 12 heteroatoms. The van der Waals surface area contributed by atoms with E-state index >= 15 is 0 Å². The third kappa shape index (κ3) is 6.18. The Morgan fingerprint density at radius 2 is 1.87 bits per heavy atom. The average molecular weight is 655 g/mol. The van der Waals surface area contributed by atoms with Crippen LogP contribution in [-0.2, 0) is 23.9 Å². The summed E-state index contributed by atoms with van der Waals surface area (Å²) in [7, 11) is 0. The number of ether oxygens (including phenoxy) is 2. The van der Waals surface area contributed by atoms with Crippen LogP contribution >= 0.6 is 0 Å². The molecular weight excluding hydrogens is 604 g/mol. The molecule has 10 atom stereocenters. The second-order valence-electron chi connectivity index (χ2n) is 15.2. The molecule has 4 saturated carbocycles. The zero-order valence-corrected chi connectivity index (χ0v) is 27.6. The Morgan fingerprint density at radius 1 is 1.06 bits per heavy atom. The molecule has 6 rings (SSSR count). The van der Waals surface area contributed by atoms with Crippen LogP contribution in [0.5, 0.6) is 0 Å². The van der Waals surface area contributed by atoms with Crippen LogP contribution in [0.3, 0.4) is 0 Å². The zero-order chi connectivity index (χ0) is 33.6. The highest BCUT2D eigenvalue weighted by molar-refractivity contribution is 5.83. The van der Waals surface area contributed by atoms with E-state index < -0.39 is 17.9 Å². The molecule has 47 heavy (non-hydrogen) atoms. The zero-order valence-electron chi connectivity index (χ0n) is 27.6. The van der Waals surface area contributed by atoms with Crippen molar-refractivity contribution in [1.82, 2.24) is 5.32 Å². The number of amides is 1. The Hall–Kier alpha value is -3.41. The molecule has 12 nitrogen and oxygen atoms in total. The number of aliphatic imine (C=N–C) groups is 1. The SMILES string of the molecule is C[C@]12CC[C@H](OC(=O)CCCC(=O)N[C@@H](CCCN=C(N)N)C(=O)O)C[C@H]1CC[C@@H]1[C@@H]2CC[C@]2(C)[C@@H](c3ccc(=O)oc3)C[C@H]3O[C@]132. The largest absolute Gasteiger partial charge is 0.480 e. The molecule has 1 spiro atoms. The minimum absolute atomic E-state index is 0.0225. The predicted octanol–water partition coefficient (Wildman–Crippen LogP) is 3.60. The summed E-state index contributed by atoms with van der Waals surface area (Å²) < 4.78 is 17.9. The molecule has 1 aromatic heterocycles. The number of aliphatic carboxylic acids is 1.